The van der Waals surface area contributed by atoms with E-state index in [2.05, 4.69) is 16.3 Å². The van der Waals surface area contributed by atoms with E-state index in [0.717, 1.165) is 5.69 Å². The van der Waals surface area contributed by atoms with Gasteiger partial charge < -0.3 is 19.9 Å². The molecule has 1 N–H and O–H groups in total. The van der Waals surface area contributed by atoms with Gasteiger partial charge in [-0.2, -0.15) is 5.26 Å². The molecule has 3 rings (SSSR count). The lowest BCUT2D eigenvalue weighted by Gasteiger charge is -2.36. The average Bonchev–Trinajstić information content (AvgIpc) is 2.74. The number of anilines is 2. The van der Waals surface area contributed by atoms with Gasteiger partial charge in [0.25, 0.3) is 0 Å². The lowest BCUT2D eigenvalue weighted by atomic mass is 10.1. The van der Waals surface area contributed by atoms with Crippen molar-refractivity contribution in [3.05, 3.63) is 59.7 Å². The Kier molecular flexibility index (Phi) is 6.12. The first kappa shape index (κ1) is 19.2. The van der Waals surface area contributed by atoms with Crippen LogP contribution in [0.25, 0.3) is 0 Å². The zero-order chi connectivity index (χ0) is 19.9. The number of urea groups is 1. The lowest BCUT2D eigenvalue weighted by Crippen LogP contribution is -2.50. The average molecular weight is 378 g/mol. The van der Waals surface area contributed by atoms with E-state index in [1.54, 1.807) is 42.2 Å². The van der Waals surface area contributed by atoms with Gasteiger partial charge in [-0.25, -0.2) is 9.59 Å². The summed E-state index contributed by atoms with van der Waals surface area (Å²) in [4.78, 5) is 28.5. The fourth-order valence-corrected chi connectivity index (χ4v) is 3.11. The van der Waals surface area contributed by atoms with Crippen LogP contribution >= 0.6 is 0 Å². The van der Waals surface area contributed by atoms with Crippen LogP contribution in [0.15, 0.2) is 48.5 Å². The highest BCUT2D eigenvalue weighted by molar-refractivity contribution is 5.96. The molecular weight excluding hydrogens is 356 g/mol. The molecule has 1 heterocycles. The molecule has 0 aromatic heterocycles. The van der Waals surface area contributed by atoms with Crippen LogP contribution in [-0.4, -0.2) is 49.7 Å². The molecule has 1 aliphatic heterocycles. The minimum atomic E-state index is -0.334. The van der Waals surface area contributed by atoms with Gasteiger partial charge in [0.2, 0.25) is 0 Å². The minimum Gasteiger partial charge on any atom is -0.462 e. The van der Waals surface area contributed by atoms with Crippen LogP contribution in [0.3, 0.4) is 0 Å². The summed E-state index contributed by atoms with van der Waals surface area (Å²) in [5.41, 5.74) is 2.57. The number of esters is 1. The van der Waals surface area contributed by atoms with Crippen molar-refractivity contribution >= 4 is 23.4 Å². The summed E-state index contributed by atoms with van der Waals surface area (Å²) in [6.07, 6.45) is 0. The first-order valence-electron chi connectivity index (χ1n) is 9.19. The second kappa shape index (κ2) is 8.91. The number of amides is 2. The van der Waals surface area contributed by atoms with Crippen molar-refractivity contribution in [1.82, 2.24) is 4.90 Å². The van der Waals surface area contributed by atoms with E-state index in [1.165, 1.54) is 0 Å². The third-order valence-corrected chi connectivity index (χ3v) is 4.57. The van der Waals surface area contributed by atoms with Gasteiger partial charge in [0.05, 0.1) is 29.5 Å². The van der Waals surface area contributed by atoms with Crippen molar-refractivity contribution in [3.63, 3.8) is 0 Å². The van der Waals surface area contributed by atoms with Crippen molar-refractivity contribution in [2.75, 3.05) is 43.0 Å². The second-order valence-electron chi connectivity index (χ2n) is 6.33. The van der Waals surface area contributed by atoms with Gasteiger partial charge in [0.15, 0.2) is 0 Å². The van der Waals surface area contributed by atoms with Gasteiger partial charge in [-0.05, 0) is 43.3 Å². The third kappa shape index (κ3) is 4.41. The SMILES string of the molecule is CCOC(=O)c1ccccc1N1CCN(C(=O)Nc2ccc(C#N)cc2)CC1. The number of hydrogen-bond acceptors (Lipinski definition) is 5. The molecule has 1 saturated heterocycles. The summed E-state index contributed by atoms with van der Waals surface area (Å²) in [7, 11) is 0. The molecule has 0 aliphatic carbocycles. The maximum absolute atomic E-state index is 12.5. The Balaban J connectivity index is 1.61. The van der Waals surface area contributed by atoms with E-state index >= 15 is 0 Å². The number of carbonyl (C=O) groups is 2. The van der Waals surface area contributed by atoms with Gasteiger partial charge >= 0.3 is 12.0 Å². The largest absolute Gasteiger partial charge is 0.462 e. The topological polar surface area (TPSA) is 85.7 Å². The van der Waals surface area contributed by atoms with E-state index in [4.69, 9.17) is 10.00 Å². The van der Waals surface area contributed by atoms with Crippen LogP contribution in [0, 0.1) is 11.3 Å². The predicted molar refractivity (Wildman–Crippen MR) is 106 cm³/mol. The molecule has 0 spiro atoms. The zero-order valence-electron chi connectivity index (χ0n) is 15.7. The summed E-state index contributed by atoms with van der Waals surface area (Å²) in [6.45, 7) is 4.44. The van der Waals surface area contributed by atoms with E-state index in [1.807, 2.05) is 18.2 Å². The quantitative estimate of drug-likeness (QED) is 0.827. The number of ether oxygens (including phenoxy) is 1. The van der Waals surface area contributed by atoms with E-state index in [-0.39, 0.29) is 12.0 Å². The lowest BCUT2D eigenvalue weighted by molar-refractivity contribution is 0.0527. The number of nitriles is 1. The summed E-state index contributed by atoms with van der Waals surface area (Å²) in [5.74, 6) is -0.334. The molecule has 144 valence electrons. The molecule has 1 fully saturated rings. The molecule has 1 aliphatic rings. The molecule has 7 nitrogen and oxygen atoms in total. The first-order chi connectivity index (χ1) is 13.6. The number of benzene rings is 2. The van der Waals surface area contributed by atoms with Gasteiger partial charge in [0, 0.05) is 31.9 Å². The Morgan fingerprint density at radius 3 is 2.39 bits per heavy atom. The molecule has 0 saturated carbocycles. The van der Waals surface area contributed by atoms with E-state index < -0.39 is 0 Å². The van der Waals surface area contributed by atoms with E-state index in [9.17, 15) is 9.59 Å². The number of piperazine rings is 1. The third-order valence-electron chi connectivity index (χ3n) is 4.57. The Hall–Kier alpha value is -3.53. The number of carbonyl (C=O) groups excluding carboxylic acids is 2. The number of para-hydroxylation sites is 1. The Morgan fingerprint density at radius 1 is 1.07 bits per heavy atom. The van der Waals surface area contributed by atoms with Crippen molar-refractivity contribution in [2.24, 2.45) is 0 Å². The molecule has 7 heteroatoms. The number of hydrogen-bond donors (Lipinski definition) is 1. The summed E-state index contributed by atoms with van der Waals surface area (Å²) >= 11 is 0. The summed E-state index contributed by atoms with van der Waals surface area (Å²) < 4.78 is 5.14. The molecule has 0 unspecified atom stereocenters. The zero-order valence-corrected chi connectivity index (χ0v) is 15.7. The standard InChI is InChI=1S/C21H22N4O3/c1-2-28-20(26)18-5-3-4-6-19(18)24-11-13-25(14-12-24)21(27)23-17-9-7-16(15-22)8-10-17/h3-10H,2,11-14H2,1H3,(H,23,27). The second-order valence-corrected chi connectivity index (χ2v) is 6.33. The van der Waals surface area contributed by atoms with Gasteiger partial charge in [-0.3, -0.25) is 0 Å². The fourth-order valence-electron chi connectivity index (χ4n) is 3.11. The number of nitrogens with one attached hydrogen (secondary N) is 1. The normalized spacial score (nSPS) is 13.6. The van der Waals surface area contributed by atoms with Gasteiger partial charge in [-0.15, -0.1) is 0 Å². The summed E-state index contributed by atoms with van der Waals surface area (Å²) in [6, 6.07) is 16.0. The van der Waals surface area contributed by atoms with E-state index in [0.29, 0.717) is 49.6 Å². The van der Waals surface area contributed by atoms with Crippen molar-refractivity contribution < 1.29 is 14.3 Å². The van der Waals surface area contributed by atoms with Crippen molar-refractivity contribution in [3.8, 4) is 6.07 Å². The predicted octanol–water partition coefficient (Wildman–Crippen LogP) is 3.09. The van der Waals surface area contributed by atoms with Crippen LogP contribution in [0.4, 0.5) is 16.2 Å². The number of nitrogens with zero attached hydrogens (tertiary/aromatic N) is 3. The fraction of sp³-hybridized carbons (Fsp3) is 0.286. The minimum absolute atomic E-state index is 0.178. The Labute approximate surface area is 164 Å². The Morgan fingerprint density at radius 2 is 1.75 bits per heavy atom. The van der Waals surface area contributed by atoms with Gasteiger partial charge in [0.1, 0.15) is 0 Å². The van der Waals surface area contributed by atoms with Crippen molar-refractivity contribution in [2.45, 2.75) is 6.92 Å². The molecule has 2 aromatic carbocycles. The number of rotatable bonds is 4. The monoisotopic (exact) mass is 378 g/mol. The molecular formula is C21H22N4O3. The maximum atomic E-state index is 12.5. The molecule has 2 aromatic rings. The first-order valence-corrected chi connectivity index (χ1v) is 9.19. The maximum Gasteiger partial charge on any atom is 0.340 e. The van der Waals surface area contributed by atoms with Crippen LogP contribution in [0.5, 0.6) is 0 Å². The molecule has 28 heavy (non-hydrogen) atoms. The van der Waals surface area contributed by atoms with Crippen LogP contribution in [0.2, 0.25) is 0 Å². The molecule has 0 radical (unpaired) electrons. The molecule has 0 atom stereocenters. The Bertz CT molecular complexity index is 881. The van der Waals surface area contributed by atoms with Crippen LogP contribution in [-0.2, 0) is 4.74 Å². The van der Waals surface area contributed by atoms with Crippen LogP contribution in [0.1, 0.15) is 22.8 Å². The molecule has 2 amide bonds. The van der Waals surface area contributed by atoms with Crippen LogP contribution < -0.4 is 10.2 Å². The highest BCUT2D eigenvalue weighted by atomic mass is 16.5. The van der Waals surface area contributed by atoms with Gasteiger partial charge in [-0.1, -0.05) is 12.1 Å². The van der Waals surface area contributed by atoms with Crippen molar-refractivity contribution in [1.29, 1.82) is 5.26 Å². The highest BCUT2D eigenvalue weighted by Crippen LogP contribution is 2.23. The highest BCUT2D eigenvalue weighted by Gasteiger charge is 2.24. The smallest absolute Gasteiger partial charge is 0.340 e. The summed E-state index contributed by atoms with van der Waals surface area (Å²) in [5, 5.41) is 11.7. The molecule has 0 bridgehead atoms.